The van der Waals surface area contributed by atoms with Crippen molar-refractivity contribution in [3.63, 3.8) is 0 Å². The predicted molar refractivity (Wildman–Crippen MR) is 98.6 cm³/mol. The van der Waals surface area contributed by atoms with E-state index in [2.05, 4.69) is 12.2 Å². The van der Waals surface area contributed by atoms with Gasteiger partial charge < -0.3 is 5.32 Å². The number of fused-ring (bicyclic) bond motifs is 1. The minimum atomic E-state index is -0.0165. The molecule has 0 saturated carbocycles. The van der Waals surface area contributed by atoms with E-state index in [1.54, 1.807) is 4.57 Å². The van der Waals surface area contributed by atoms with Gasteiger partial charge in [0.15, 0.2) is 0 Å². The van der Waals surface area contributed by atoms with Crippen molar-refractivity contribution < 1.29 is 0 Å². The zero-order valence-electron chi connectivity index (χ0n) is 14.0. The second-order valence-electron chi connectivity index (χ2n) is 5.91. The van der Waals surface area contributed by atoms with Gasteiger partial charge in [-0.05, 0) is 37.2 Å². The summed E-state index contributed by atoms with van der Waals surface area (Å²) in [5.74, 6) is 0.751. The van der Waals surface area contributed by atoms with Gasteiger partial charge in [0, 0.05) is 0 Å². The third-order valence-electron chi connectivity index (χ3n) is 4.10. The Labute approximate surface area is 142 Å². The predicted octanol–water partition coefficient (Wildman–Crippen LogP) is 3.67. The van der Waals surface area contributed by atoms with Crippen molar-refractivity contribution in [3.05, 3.63) is 70.8 Å². The molecule has 0 aliphatic rings. The van der Waals surface area contributed by atoms with Crippen LogP contribution in [0.2, 0.25) is 0 Å². The molecule has 0 amide bonds. The lowest BCUT2D eigenvalue weighted by molar-refractivity contribution is 0.594. The Bertz CT molecular complexity index is 856. The molecule has 0 aliphatic carbocycles. The molecule has 0 spiro atoms. The van der Waals surface area contributed by atoms with Crippen LogP contribution in [0.15, 0.2) is 59.4 Å². The summed E-state index contributed by atoms with van der Waals surface area (Å²) in [4.78, 5) is 17.7. The molecular formula is C20H23N3O. The van der Waals surface area contributed by atoms with Crippen molar-refractivity contribution in [2.75, 3.05) is 6.54 Å². The summed E-state index contributed by atoms with van der Waals surface area (Å²) < 4.78 is 1.72. The van der Waals surface area contributed by atoms with Gasteiger partial charge in [-0.15, -0.1) is 0 Å². The Morgan fingerprint density at radius 2 is 1.75 bits per heavy atom. The number of nitrogens with zero attached hydrogens (tertiary/aromatic N) is 2. The van der Waals surface area contributed by atoms with Crippen molar-refractivity contribution in [1.82, 2.24) is 14.9 Å². The molecule has 0 bridgehead atoms. The van der Waals surface area contributed by atoms with E-state index in [-0.39, 0.29) is 5.56 Å². The number of hydrogen-bond donors (Lipinski definition) is 1. The monoisotopic (exact) mass is 321 g/mol. The summed E-state index contributed by atoms with van der Waals surface area (Å²) in [7, 11) is 0. The lowest BCUT2D eigenvalue weighted by Gasteiger charge is -2.14. The minimum absolute atomic E-state index is 0.0165. The maximum atomic E-state index is 13.0. The Balaban J connectivity index is 2.00. The Hall–Kier alpha value is -2.46. The molecule has 3 rings (SSSR count). The van der Waals surface area contributed by atoms with E-state index in [4.69, 9.17) is 4.98 Å². The van der Waals surface area contributed by atoms with Gasteiger partial charge >= 0.3 is 0 Å². The molecule has 1 N–H and O–H groups in total. The first-order valence-electron chi connectivity index (χ1n) is 8.58. The fourth-order valence-corrected chi connectivity index (χ4v) is 2.84. The van der Waals surface area contributed by atoms with Crippen molar-refractivity contribution in [1.29, 1.82) is 0 Å². The van der Waals surface area contributed by atoms with Gasteiger partial charge in [0.05, 0.1) is 23.1 Å². The van der Waals surface area contributed by atoms with E-state index in [1.807, 2.05) is 54.6 Å². The average Bonchev–Trinajstić information content (AvgIpc) is 2.62. The highest BCUT2D eigenvalue weighted by molar-refractivity contribution is 5.77. The number of nitrogens with one attached hydrogen (secondary N) is 1. The molecular weight excluding hydrogens is 298 g/mol. The molecule has 2 aromatic carbocycles. The molecule has 0 unspecified atom stereocenters. The maximum absolute atomic E-state index is 13.0. The van der Waals surface area contributed by atoms with Gasteiger partial charge in [-0.2, -0.15) is 0 Å². The van der Waals surface area contributed by atoms with Crippen LogP contribution in [0.5, 0.6) is 0 Å². The Morgan fingerprint density at radius 3 is 2.54 bits per heavy atom. The maximum Gasteiger partial charge on any atom is 0.266 e. The standard InChI is InChI=1S/C20H23N3O/c1-2-3-9-14-21-15-19-22-18-13-8-7-12-17(18)20(24)23(19)16-10-5-4-6-11-16/h4-8,10-13,21H,2-3,9,14-15H2,1H3. The van der Waals surface area contributed by atoms with Gasteiger partial charge in [0.25, 0.3) is 5.56 Å². The highest BCUT2D eigenvalue weighted by atomic mass is 16.1. The van der Waals surface area contributed by atoms with Crippen LogP contribution >= 0.6 is 0 Å². The number of benzene rings is 2. The first kappa shape index (κ1) is 16.4. The third-order valence-corrected chi connectivity index (χ3v) is 4.10. The van der Waals surface area contributed by atoms with Crippen LogP contribution in [0.4, 0.5) is 0 Å². The molecule has 0 radical (unpaired) electrons. The van der Waals surface area contributed by atoms with E-state index in [0.29, 0.717) is 11.9 Å². The van der Waals surface area contributed by atoms with Gasteiger partial charge in [0.1, 0.15) is 5.82 Å². The molecule has 1 aromatic heterocycles. The topological polar surface area (TPSA) is 46.9 Å². The smallest absolute Gasteiger partial charge is 0.266 e. The second kappa shape index (κ2) is 7.88. The van der Waals surface area contributed by atoms with Crippen LogP contribution in [-0.4, -0.2) is 16.1 Å². The normalized spacial score (nSPS) is 11.0. The average molecular weight is 321 g/mol. The summed E-state index contributed by atoms with van der Waals surface area (Å²) in [5, 5.41) is 4.07. The molecule has 4 nitrogen and oxygen atoms in total. The molecule has 0 atom stereocenters. The molecule has 24 heavy (non-hydrogen) atoms. The zero-order chi connectivity index (χ0) is 16.8. The van der Waals surface area contributed by atoms with E-state index < -0.39 is 0 Å². The van der Waals surface area contributed by atoms with Crippen LogP contribution in [-0.2, 0) is 6.54 Å². The highest BCUT2D eigenvalue weighted by Crippen LogP contribution is 2.12. The molecule has 1 heterocycles. The number of hydrogen-bond acceptors (Lipinski definition) is 3. The Kier molecular flexibility index (Phi) is 5.39. The number of aromatic nitrogens is 2. The van der Waals surface area contributed by atoms with Crippen LogP contribution in [0.25, 0.3) is 16.6 Å². The fraction of sp³-hybridized carbons (Fsp3) is 0.300. The van der Waals surface area contributed by atoms with Crippen molar-refractivity contribution >= 4 is 10.9 Å². The lowest BCUT2D eigenvalue weighted by atomic mass is 10.2. The first-order chi connectivity index (χ1) is 11.8. The van der Waals surface area contributed by atoms with Gasteiger partial charge in [0.2, 0.25) is 0 Å². The summed E-state index contributed by atoms with van der Waals surface area (Å²) >= 11 is 0. The second-order valence-corrected chi connectivity index (χ2v) is 5.91. The van der Waals surface area contributed by atoms with Crippen molar-refractivity contribution in [2.24, 2.45) is 0 Å². The quantitative estimate of drug-likeness (QED) is 0.676. The van der Waals surface area contributed by atoms with Crippen LogP contribution in [0.1, 0.15) is 32.0 Å². The third kappa shape index (κ3) is 3.54. The van der Waals surface area contributed by atoms with Gasteiger partial charge in [-0.25, -0.2) is 4.98 Å². The van der Waals surface area contributed by atoms with E-state index in [9.17, 15) is 4.79 Å². The largest absolute Gasteiger partial charge is 0.310 e. The van der Waals surface area contributed by atoms with Crippen LogP contribution in [0.3, 0.4) is 0 Å². The van der Waals surface area contributed by atoms with Gasteiger partial charge in [-0.3, -0.25) is 9.36 Å². The number of para-hydroxylation sites is 2. The number of unbranched alkanes of at least 4 members (excludes halogenated alkanes) is 2. The molecule has 124 valence electrons. The molecule has 3 aromatic rings. The Morgan fingerprint density at radius 1 is 1.00 bits per heavy atom. The van der Waals surface area contributed by atoms with Gasteiger partial charge in [-0.1, -0.05) is 50.1 Å². The first-order valence-corrected chi connectivity index (χ1v) is 8.58. The van der Waals surface area contributed by atoms with Crippen LogP contribution in [0, 0.1) is 0 Å². The summed E-state index contributed by atoms with van der Waals surface area (Å²) in [6.45, 7) is 3.71. The molecule has 0 fully saturated rings. The summed E-state index contributed by atoms with van der Waals surface area (Å²) in [6, 6.07) is 17.2. The summed E-state index contributed by atoms with van der Waals surface area (Å²) in [5.41, 5.74) is 1.59. The zero-order valence-corrected chi connectivity index (χ0v) is 14.0. The molecule has 0 saturated heterocycles. The lowest BCUT2D eigenvalue weighted by Crippen LogP contribution is -2.27. The summed E-state index contributed by atoms with van der Waals surface area (Å²) in [6.07, 6.45) is 3.55. The highest BCUT2D eigenvalue weighted by Gasteiger charge is 2.11. The molecule has 0 aliphatic heterocycles. The van der Waals surface area contributed by atoms with E-state index in [0.717, 1.165) is 30.0 Å². The minimum Gasteiger partial charge on any atom is -0.310 e. The fourth-order valence-electron chi connectivity index (χ4n) is 2.84. The van der Waals surface area contributed by atoms with E-state index in [1.165, 1.54) is 12.8 Å². The van der Waals surface area contributed by atoms with Crippen LogP contribution < -0.4 is 10.9 Å². The van der Waals surface area contributed by atoms with Crippen molar-refractivity contribution in [3.8, 4) is 5.69 Å². The number of rotatable bonds is 7. The molecule has 4 heteroatoms. The van der Waals surface area contributed by atoms with Crippen molar-refractivity contribution in [2.45, 2.75) is 32.7 Å². The van der Waals surface area contributed by atoms with E-state index >= 15 is 0 Å². The SMILES string of the molecule is CCCCCNCc1nc2ccccc2c(=O)n1-c1ccccc1.